The highest BCUT2D eigenvalue weighted by Gasteiger charge is 2.15. The van der Waals surface area contributed by atoms with Gasteiger partial charge in [0.05, 0.1) is 17.8 Å². The first-order valence-corrected chi connectivity index (χ1v) is 8.39. The van der Waals surface area contributed by atoms with Crippen LogP contribution >= 0.6 is 0 Å². The zero-order chi connectivity index (χ0) is 17.8. The molecular formula is C19H23N5O. The van der Waals surface area contributed by atoms with Gasteiger partial charge in [-0.05, 0) is 26.0 Å². The van der Waals surface area contributed by atoms with Gasteiger partial charge in [0.1, 0.15) is 5.82 Å². The minimum Gasteiger partial charge on any atom is -0.355 e. The van der Waals surface area contributed by atoms with Gasteiger partial charge in [-0.3, -0.25) is 4.79 Å². The van der Waals surface area contributed by atoms with Crippen LogP contribution in [0, 0.1) is 13.8 Å². The summed E-state index contributed by atoms with van der Waals surface area (Å²) in [6.45, 7) is 4.53. The molecule has 0 unspecified atom stereocenters. The predicted molar refractivity (Wildman–Crippen MR) is 96.7 cm³/mol. The third-order valence-corrected chi connectivity index (χ3v) is 4.37. The van der Waals surface area contributed by atoms with Crippen molar-refractivity contribution in [3.8, 4) is 5.69 Å². The first kappa shape index (κ1) is 17.0. The summed E-state index contributed by atoms with van der Waals surface area (Å²) in [4.78, 5) is 16.6. The van der Waals surface area contributed by atoms with Gasteiger partial charge in [-0.15, -0.1) is 0 Å². The topological polar surface area (TPSA) is 64.7 Å². The summed E-state index contributed by atoms with van der Waals surface area (Å²) in [5.41, 5.74) is 3.88. The number of hydrogen-bond donors (Lipinski definition) is 1. The van der Waals surface area contributed by atoms with Gasteiger partial charge in [-0.1, -0.05) is 18.2 Å². The minimum absolute atomic E-state index is 0.00743. The zero-order valence-corrected chi connectivity index (χ0v) is 14.9. The third kappa shape index (κ3) is 3.79. The van der Waals surface area contributed by atoms with Crippen LogP contribution in [0.5, 0.6) is 0 Å². The van der Waals surface area contributed by atoms with Crippen molar-refractivity contribution < 1.29 is 4.79 Å². The molecule has 0 saturated carbocycles. The first-order chi connectivity index (χ1) is 12.1. The zero-order valence-electron chi connectivity index (χ0n) is 14.9. The first-order valence-electron chi connectivity index (χ1n) is 8.39. The number of carbonyl (C=O) groups excluding carboxylic acids is 1. The Balaban J connectivity index is 1.63. The van der Waals surface area contributed by atoms with Gasteiger partial charge < -0.3 is 9.88 Å². The Morgan fingerprint density at radius 2 is 1.96 bits per heavy atom. The molecule has 0 aliphatic rings. The smallest absolute Gasteiger partial charge is 0.224 e. The van der Waals surface area contributed by atoms with E-state index in [2.05, 4.69) is 15.4 Å². The lowest BCUT2D eigenvalue weighted by Gasteiger charge is -2.07. The van der Waals surface area contributed by atoms with E-state index in [1.54, 1.807) is 6.20 Å². The van der Waals surface area contributed by atoms with E-state index in [1.807, 2.05) is 66.7 Å². The number of para-hydroxylation sites is 1. The highest BCUT2D eigenvalue weighted by atomic mass is 16.1. The van der Waals surface area contributed by atoms with Crippen LogP contribution in [-0.4, -0.2) is 31.8 Å². The molecule has 1 amide bonds. The molecule has 3 rings (SSSR count). The van der Waals surface area contributed by atoms with Crippen LogP contribution in [0.25, 0.3) is 5.69 Å². The Kier molecular flexibility index (Phi) is 4.97. The highest BCUT2D eigenvalue weighted by molar-refractivity contribution is 5.79. The molecule has 6 heteroatoms. The van der Waals surface area contributed by atoms with Crippen molar-refractivity contribution in [2.24, 2.45) is 7.05 Å². The lowest BCUT2D eigenvalue weighted by molar-refractivity contribution is -0.120. The van der Waals surface area contributed by atoms with Crippen LogP contribution in [0.3, 0.4) is 0 Å². The van der Waals surface area contributed by atoms with E-state index in [0.29, 0.717) is 13.0 Å². The van der Waals surface area contributed by atoms with Crippen LogP contribution < -0.4 is 5.32 Å². The van der Waals surface area contributed by atoms with Gasteiger partial charge in [0.25, 0.3) is 0 Å². The van der Waals surface area contributed by atoms with Crippen LogP contribution in [0.15, 0.2) is 42.7 Å². The number of carbonyl (C=O) groups is 1. The van der Waals surface area contributed by atoms with Gasteiger partial charge in [0, 0.05) is 43.7 Å². The second-order valence-electron chi connectivity index (χ2n) is 6.13. The van der Waals surface area contributed by atoms with Gasteiger partial charge in [0.15, 0.2) is 0 Å². The summed E-state index contributed by atoms with van der Waals surface area (Å²) in [6, 6.07) is 9.96. The van der Waals surface area contributed by atoms with Gasteiger partial charge >= 0.3 is 0 Å². The van der Waals surface area contributed by atoms with E-state index in [4.69, 9.17) is 0 Å². The SMILES string of the molecule is Cc1nn(-c2ccccc2)c(C)c1CC(=O)NCCc1nccn1C. The van der Waals surface area contributed by atoms with Crippen LogP contribution in [0.4, 0.5) is 0 Å². The number of aryl methyl sites for hydroxylation is 2. The predicted octanol–water partition coefficient (Wildman–Crippen LogP) is 2.12. The maximum atomic E-state index is 12.3. The van der Waals surface area contributed by atoms with E-state index in [-0.39, 0.29) is 5.91 Å². The molecule has 0 fully saturated rings. The Morgan fingerprint density at radius 3 is 2.64 bits per heavy atom. The molecule has 2 aromatic heterocycles. The van der Waals surface area contributed by atoms with Crippen molar-refractivity contribution in [2.75, 3.05) is 6.54 Å². The van der Waals surface area contributed by atoms with Gasteiger partial charge in [0.2, 0.25) is 5.91 Å². The van der Waals surface area contributed by atoms with Crippen molar-refractivity contribution >= 4 is 5.91 Å². The average molecular weight is 337 g/mol. The lowest BCUT2D eigenvalue weighted by Crippen LogP contribution is -2.28. The molecule has 3 aromatic rings. The van der Waals surface area contributed by atoms with E-state index >= 15 is 0 Å². The average Bonchev–Trinajstić information content (AvgIpc) is 3.14. The van der Waals surface area contributed by atoms with Gasteiger partial charge in [-0.25, -0.2) is 9.67 Å². The van der Waals surface area contributed by atoms with Crippen molar-refractivity contribution in [2.45, 2.75) is 26.7 Å². The highest BCUT2D eigenvalue weighted by Crippen LogP contribution is 2.18. The Morgan fingerprint density at radius 1 is 1.20 bits per heavy atom. The summed E-state index contributed by atoms with van der Waals surface area (Å²) in [7, 11) is 1.95. The van der Waals surface area contributed by atoms with E-state index in [9.17, 15) is 4.79 Å². The second kappa shape index (κ2) is 7.34. The molecule has 0 spiro atoms. The molecule has 25 heavy (non-hydrogen) atoms. The van der Waals surface area contributed by atoms with Crippen molar-refractivity contribution in [3.05, 3.63) is 65.5 Å². The molecule has 0 bridgehead atoms. The lowest BCUT2D eigenvalue weighted by atomic mass is 10.1. The number of rotatable bonds is 6. The molecule has 0 aliphatic carbocycles. The molecule has 1 N–H and O–H groups in total. The molecule has 0 radical (unpaired) electrons. The summed E-state index contributed by atoms with van der Waals surface area (Å²) in [6.07, 6.45) is 4.73. The number of hydrogen-bond acceptors (Lipinski definition) is 3. The fraction of sp³-hybridized carbons (Fsp3) is 0.316. The van der Waals surface area contributed by atoms with Crippen molar-refractivity contribution in [1.82, 2.24) is 24.6 Å². The largest absolute Gasteiger partial charge is 0.355 e. The minimum atomic E-state index is 0.00743. The number of imidazole rings is 1. The van der Waals surface area contributed by atoms with E-state index in [0.717, 1.165) is 34.9 Å². The Labute approximate surface area is 147 Å². The maximum Gasteiger partial charge on any atom is 0.224 e. The Hall–Kier alpha value is -2.89. The van der Waals surface area contributed by atoms with Crippen LogP contribution in [-0.2, 0) is 24.7 Å². The summed E-state index contributed by atoms with van der Waals surface area (Å²) in [5.74, 6) is 0.970. The van der Waals surface area contributed by atoms with Crippen LogP contribution in [0.1, 0.15) is 22.8 Å². The second-order valence-corrected chi connectivity index (χ2v) is 6.13. The normalized spacial score (nSPS) is 10.8. The molecule has 2 heterocycles. The number of benzene rings is 1. The Bertz CT molecular complexity index is 863. The quantitative estimate of drug-likeness (QED) is 0.749. The molecule has 0 saturated heterocycles. The molecule has 0 atom stereocenters. The standard InChI is InChI=1S/C19H23N5O/c1-14-17(15(2)24(22-14)16-7-5-4-6-8-16)13-19(25)21-10-9-18-20-11-12-23(18)3/h4-8,11-12H,9-10,13H2,1-3H3,(H,21,25). The summed E-state index contributed by atoms with van der Waals surface area (Å²) < 4.78 is 3.86. The summed E-state index contributed by atoms with van der Waals surface area (Å²) >= 11 is 0. The third-order valence-electron chi connectivity index (χ3n) is 4.37. The number of amides is 1. The van der Waals surface area contributed by atoms with Crippen molar-refractivity contribution in [1.29, 1.82) is 0 Å². The summed E-state index contributed by atoms with van der Waals surface area (Å²) in [5, 5.41) is 7.56. The fourth-order valence-corrected chi connectivity index (χ4v) is 2.93. The van der Waals surface area contributed by atoms with Crippen LogP contribution in [0.2, 0.25) is 0 Å². The number of aromatic nitrogens is 4. The molecule has 0 aliphatic heterocycles. The molecular weight excluding hydrogens is 314 g/mol. The number of nitrogens with zero attached hydrogens (tertiary/aromatic N) is 4. The molecule has 130 valence electrons. The molecule has 6 nitrogen and oxygen atoms in total. The monoisotopic (exact) mass is 337 g/mol. The van der Waals surface area contributed by atoms with E-state index < -0.39 is 0 Å². The number of nitrogens with one attached hydrogen (secondary N) is 1. The maximum absolute atomic E-state index is 12.3. The van der Waals surface area contributed by atoms with E-state index in [1.165, 1.54) is 0 Å². The van der Waals surface area contributed by atoms with Gasteiger partial charge in [-0.2, -0.15) is 5.10 Å². The van der Waals surface area contributed by atoms with Crippen molar-refractivity contribution in [3.63, 3.8) is 0 Å². The molecule has 1 aromatic carbocycles. The fourth-order valence-electron chi connectivity index (χ4n) is 2.93.